The fourth-order valence-corrected chi connectivity index (χ4v) is 4.14. The van der Waals surface area contributed by atoms with Crippen LogP contribution in [0.5, 0.6) is 11.5 Å². The molecule has 0 atom stereocenters. The van der Waals surface area contributed by atoms with Crippen LogP contribution in [0.1, 0.15) is 50.5 Å². The number of nitrogens with zero attached hydrogens (tertiary/aromatic N) is 2. The van der Waals surface area contributed by atoms with Gasteiger partial charge in [0.15, 0.2) is 11.5 Å². The van der Waals surface area contributed by atoms with Gasteiger partial charge in [-0.15, -0.1) is 0 Å². The first-order valence-corrected chi connectivity index (χ1v) is 11.3. The lowest BCUT2D eigenvalue weighted by Gasteiger charge is -2.27. The molecule has 0 unspecified atom stereocenters. The van der Waals surface area contributed by atoms with Gasteiger partial charge >= 0.3 is 0 Å². The van der Waals surface area contributed by atoms with Crippen LogP contribution in [0.2, 0.25) is 0 Å². The molecule has 2 saturated heterocycles. The van der Waals surface area contributed by atoms with Crippen LogP contribution in [-0.4, -0.2) is 62.0 Å². The van der Waals surface area contributed by atoms with Gasteiger partial charge in [-0.2, -0.15) is 0 Å². The standard InChI is InChI=1S/C25H34N2O4/c1-30-22-11-9-20(18-23(22)31-2)17-21(19-25(29)27-15-7-4-8-16-27)10-12-24(28)26-13-5-3-6-14-26/h9-12,17-18H,3-8,13-16,19H2,1-2H3/b12-10+,21-17+. The minimum Gasteiger partial charge on any atom is -0.493 e. The van der Waals surface area contributed by atoms with Crippen LogP contribution in [0.25, 0.3) is 6.08 Å². The smallest absolute Gasteiger partial charge is 0.246 e. The molecule has 0 N–H and O–H groups in total. The fraction of sp³-hybridized carbons (Fsp3) is 0.520. The van der Waals surface area contributed by atoms with Crippen molar-refractivity contribution in [3.8, 4) is 11.5 Å². The van der Waals surface area contributed by atoms with E-state index in [1.165, 1.54) is 12.8 Å². The minimum absolute atomic E-state index is 0.0170. The molecule has 0 aromatic heterocycles. The summed E-state index contributed by atoms with van der Waals surface area (Å²) in [4.78, 5) is 29.3. The molecule has 2 aliphatic heterocycles. The predicted octanol–water partition coefficient (Wildman–Crippen LogP) is 4.06. The van der Waals surface area contributed by atoms with Crippen LogP contribution in [-0.2, 0) is 9.59 Å². The van der Waals surface area contributed by atoms with E-state index in [0.717, 1.165) is 63.0 Å². The van der Waals surface area contributed by atoms with E-state index < -0.39 is 0 Å². The summed E-state index contributed by atoms with van der Waals surface area (Å²) >= 11 is 0. The topological polar surface area (TPSA) is 59.1 Å². The molecule has 6 nitrogen and oxygen atoms in total. The van der Waals surface area contributed by atoms with Gasteiger partial charge in [-0.25, -0.2) is 0 Å². The Morgan fingerprint density at radius 2 is 1.45 bits per heavy atom. The van der Waals surface area contributed by atoms with Crippen molar-refractivity contribution >= 4 is 17.9 Å². The summed E-state index contributed by atoms with van der Waals surface area (Å²) in [7, 11) is 3.20. The summed E-state index contributed by atoms with van der Waals surface area (Å²) in [5.41, 5.74) is 1.71. The van der Waals surface area contributed by atoms with Crippen molar-refractivity contribution in [2.45, 2.75) is 44.9 Å². The quantitative estimate of drug-likeness (QED) is 0.487. The van der Waals surface area contributed by atoms with Gasteiger partial charge in [0.2, 0.25) is 11.8 Å². The molecule has 2 amide bonds. The van der Waals surface area contributed by atoms with E-state index in [2.05, 4.69) is 0 Å². The second-order valence-electron chi connectivity index (χ2n) is 8.17. The number of allylic oxidation sites excluding steroid dienone is 1. The number of hydrogen-bond acceptors (Lipinski definition) is 4. The number of piperidine rings is 2. The molecule has 6 heteroatoms. The Bertz CT molecular complexity index is 819. The molecule has 0 aliphatic carbocycles. The molecule has 2 heterocycles. The third-order valence-electron chi connectivity index (χ3n) is 5.93. The van der Waals surface area contributed by atoms with Gasteiger partial charge in [0.25, 0.3) is 0 Å². The number of likely N-dealkylation sites (tertiary alicyclic amines) is 2. The Labute approximate surface area is 185 Å². The Kier molecular flexibility index (Phi) is 8.56. The maximum Gasteiger partial charge on any atom is 0.246 e. The van der Waals surface area contributed by atoms with Crippen molar-refractivity contribution in [1.82, 2.24) is 9.80 Å². The third-order valence-corrected chi connectivity index (χ3v) is 5.93. The Balaban J connectivity index is 1.80. The third kappa shape index (κ3) is 6.61. The first-order chi connectivity index (χ1) is 15.1. The zero-order valence-corrected chi connectivity index (χ0v) is 18.8. The maximum atomic E-state index is 12.9. The minimum atomic E-state index is 0.0170. The van der Waals surface area contributed by atoms with E-state index in [-0.39, 0.29) is 18.2 Å². The van der Waals surface area contributed by atoms with Gasteiger partial charge in [0.05, 0.1) is 20.6 Å². The van der Waals surface area contributed by atoms with Crippen LogP contribution >= 0.6 is 0 Å². The van der Waals surface area contributed by atoms with Gasteiger partial charge in [-0.3, -0.25) is 9.59 Å². The van der Waals surface area contributed by atoms with Crippen molar-refractivity contribution in [1.29, 1.82) is 0 Å². The van der Waals surface area contributed by atoms with Crippen LogP contribution < -0.4 is 9.47 Å². The molecule has 31 heavy (non-hydrogen) atoms. The number of benzene rings is 1. The number of carbonyl (C=O) groups is 2. The monoisotopic (exact) mass is 426 g/mol. The molecule has 0 bridgehead atoms. The van der Waals surface area contributed by atoms with E-state index in [9.17, 15) is 9.59 Å². The van der Waals surface area contributed by atoms with E-state index in [4.69, 9.17) is 9.47 Å². The summed E-state index contributed by atoms with van der Waals surface area (Å²) < 4.78 is 10.7. The molecule has 0 radical (unpaired) electrons. The molecular formula is C25H34N2O4. The largest absolute Gasteiger partial charge is 0.493 e. The molecule has 1 aromatic rings. The highest BCUT2D eigenvalue weighted by Crippen LogP contribution is 2.29. The lowest BCUT2D eigenvalue weighted by atomic mass is 10.0. The highest BCUT2D eigenvalue weighted by Gasteiger charge is 2.18. The average Bonchev–Trinajstić information content (AvgIpc) is 2.83. The second-order valence-corrected chi connectivity index (χ2v) is 8.17. The lowest BCUT2D eigenvalue weighted by Crippen LogP contribution is -2.35. The van der Waals surface area contributed by atoms with Gasteiger partial charge in [0, 0.05) is 32.3 Å². The average molecular weight is 427 g/mol. The maximum absolute atomic E-state index is 12.9. The summed E-state index contributed by atoms with van der Waals surface area (Å²) in [6, 6.07) is 5.65. The van der Waals surface area contributed by atoms with Gasteiger partial charge in [0.1, 0.15) is 0 Å². The molecule has 2 fully saturated rings. The summed E-state index contributed by atoms with van der Waals surface area (Å²) in [6.07, 6.45) is 12.2. The highest BCUT2D eigenvalue weighted by molar-refractivity contribution is 5.89. The van der Waals surface area contributed by atoms with Gasteiger partial charge < -0.3 is 19.3 Å². The van der Waals surface area contributed by atoms with Crippen LogP contribution in [0.15, 0.2) is 35.9 Å². The molecule has 3 rings (SSSR count). The van der Waals surface area contributed by atoms with Crippen molar-refractivity contribution in [2.24, 2.45) is 0 Å². The molecule has 1 aromatic carbocycles. The number of hydrogen-bond donors (Lipinski definition) is 0. The van der Waals surface area contributed by atoms with Crippen LogP contribution in [0.4, 0.5) is 0 Å². The molecular weight excluding hydrogens is 392 g/mol. The number of carbonyl (C=O) groups excluding carboxylic acids is 2. The van der Waals surface area contributed by atoms with Crippen molar-refractivity contribution in [3.63, 3.8) is 0 Å². The number of ether oxygens (including phenoxy) is 2. The Morgan fingerprint density at radius 1 is 0.839 bits per heavy atom. The van der Waals surface area contributed by atoms with E-state index in [1.807, 2.05) is 34.1 Å². The van der Waals surface area contributed by atoms with Crippen LogP contribution in [0.3, 0.4) is 0 Å². The van der Waals surface area contributed by atoms with E-state index >= 15 is 0 Å². The Morgan fingerprint density at radius 3 is 2.06 bits per heavy atom. The second kappa shape index (κ2) is 11.6. The molecule has 168 valence electrons. The zero-order chi connectivity index (χ0) is 22.1. The van der Waals surface area contributed by atoms with Crippen LogP contribution in [0, 0.1) is 0 Å². The number of amides is 2. The van der Waals surface area contributed by atoms with Gasteiger partial charge in [-0.05, 0) is 61.8 Å². The first kappa shape index (κ1) is 22.9. The normalized spacial score (nSPS) is 17.7. The number of methoxy groups -OCH3 is 2. The summed E-state index contributed by atoms with van der Waals surface area (Å²) in [5, 5.41) is 0. The predicted molar refractivity (Wildman–Crippen MR) is 122 cm³/mol. The van der Waals surface area contributed by atoms with Crippen molar-refractivity contribution < 1.29 is 19.1 Å². The summed E-state index contributed by atoms with van der Waals surface area (Å²) in [5.74, 6) is 1.41. The highest BCUT2D eigenvalue weighted by atomic mass is 16.5. The Hall–Kier alpha value is -2.76. The van der Waals surface area contributed by atoms with Crippen molar-refractivity contribution in [2.75, 3.05) is 40.4 Å². The zero-order valence-electron chi connectivity index (χ0n) is 18.8. The lowest BCUT2D eigenvalue weighted by molar-refractivity contribution is -0.131. The fourth-order valence-electron chi connectivity index (χ4n) is 4.14. The van der Waals surface area contributed by atoms with Crippen molar-refractivity contribution in [3.05, 3.63) is 41.5 Å². The molecule has 0 saturated carbocycles. The number of rotatable bonds is 7. The molecule has 2 aliphatic rings. The van der Waals surface area contributed by atoms with Gasteiger partial charge in [-0.1, -0.05) is 18.2 Å². The van der Waals surface area contributed by atoms with E-state index in [1.54, 1.807) is 26.4 Å². The molecule has 0 spiro atoms. The van der Waals surface area contributed by atoms with E-state index in [0.29, 0.717) is 11.5 Å². The SMILES string of the molecule is COc1ccc(/C=C(\C=C\C(=O)N2CCCCC2)CC(=O)N2CCCCC2)cc1OC. The summed E-state index contributed by atoms with van der Waals surface area (Å²) in [6.45, 7) is 3.26. The first-order valence-electron chi connectivity index (χ1n) is 11.3.